The van der Waals surface area contributed by atoms with E-state index in [0.29, 0.717) is 22.6 Å². The van der Waals surface area contributed by atoms with Crippen LogP contribution >= 0.6 is 0 Å². The molecular formula is C16H13N3O4. The second-order valence-electron chi connectivity index (χ2n) is 4.66. The van der Waals surface area contributed by atoms with E-state index in [9.17, 15) is 9.59 Å². The minimum absolute atomic E-state index is 0.206. The largest absolute Gasteiger partial charge is 0.478 e. The molecule has 1 aromatic carbocycles. The molecule has 1 amide bonds. The molecule has 0 aliphatic carbocycles. The number of benzene rings is 1. The predicted octanol–water partition coefficient (Wildman–Crippen LogP) is 2.32. The second kappa shape index (κ2) is 7.04. The number of hydrogen-bond acceptors (Lipinski definition) is 5. The topological polar surface area (TPSA) is 116 Å². The van der Waals surface area contributed by atoms with Crippen molar-refractivity contribution < 1.29 is 19.1 Å². The molecule has 2 aromatic rings. The Morgan fingerprint density at radius 2 is 2.17 bits per heavy atom. The Kier molecular flexibility index (Phi) is 4.89. The predicted molar refractivity (Wildman–Crippen MR) is 81.8 cm³/mol. The fourth-order valence-corrected chi connectivity index (χ4v) is 1.86. The monoisotopic (exact) mass is 311 g/mol. The van der Waals surface area contributed by atoms with Crippen LogP contribution in [0.3, 0.4) is 0 Å². The van der Waals surface area contributed by atoms with Crippen molar-refractivity contribution in [2.45, 2.75) is 13.3 Å². The van der Waals surface area contributed by atoms with Gasteiger partial charge in [-0.3, -0.25) is 4.79 Å². The third-order valence-corrected chi connectivity index (χ3v) is 3.00. The number of aromatic carboxylic acids is 1. The molecule has 0 atom stereocenters. The number of carboxylic acid groups (broad SMARTS) is 1. The third-order valence-electron chi connectivity index (χ3n) is 3.00. The maximum absolute atomic E-state index is 11.2. The first-order valence-corrected chi connectivity index (χ1v) is 6.64. The van der Waals surface area contributed by atoms with Gasteiger partial charge >= 0.3 is 5.97 Å². The highest BCUT2D eigenvalue weighted by Gasteiger charge is 2.11. The summed E-state index contributed by atoms with van der Waals surface area (Å²) in [4.78, 5) is 22.2. The van der Waals surface area contributed by atoms with Crippen LogP contribution in [-0.2, 0) is 4.79 Å². The van der Waals surface area contributed by atoms with Gasteiger partial charge in [-0.25, -0.2) is 10.2 Å². The molecule has 0 saturated heterocycles. The van der Waals surface area contributed by atoms with Gasteiger partial charge in [0.25, 0.3) is 5.91 Å². The van der Waals surface area contributed by atoms with Gasteiger partial charge in [-0.1, -0.05) is 12.1 Å². The average Bonchev–Trinajstić information content (AvgIpc) is 2.96. The highest BCUT2D eigenvalue weighted by molar-refractivity contribution is 5.91. The molecule has 7 nitrogen and oxygen atoms in total. The Hall–Kier alpha value is -3.40. The van der Waals surface area contributed by atoms with Gasteiger partial charge < -0.3 is 9.52 Å². The summed E-state index contributed by atoms with van der Waals surface area (Å²) in [6.07, 6.45) is 1.02. The number of nitrogens with one attached hydrogen (secondary N) is 1. The molecule has 0 unspecified atom stereocenters. The van der Waals surface area contributed by atoms with Crippen molar-refractivity contribution in [3.63, 3.8) is 0 Å². The number of hydrogen-bond donors (Lipinski definition) is 2. The van der Waals surface area contributed by atoms with Crippen molar-refractivity contribution >= 4 is 18.1 Å². The number of hydrazone groups is 1. The maximum Gasteiger partial charge on any atom is 0.335 e. The van der Waals surface area contributed by atoms with Crippen molar-refractivity contribution in [1.29, 1.82) is 5.26 Å². The van der Waals surface area contributed by atoms with E-state index in [4.69, 9.17) is 14.8 Å². The lowest BCUT2D eigenvalue weighted by atomic mass is 10.0. The Morgan fingerprint density at radius 1 is 1.39 bits per heavy atom. The van der Waals surface area contributed by atoms with E-state index in [1.165, 1.54) is 12.3 Å². The second-order valence-corrected chi connectivity index (χ2v) is 4.66. The lowest BCUT2D eigenvalue weighted by Crippen LogP contribution is -2.15. The molecular weight excluding hydrogens is 298 g/mol. The van der Waals surface area contributed by atoms with Crippen LogP contribution in [-0.4, -0.2) is 23.2 Å². The molecule has 0 fully saturated rings. The number of nitriles is 1. The summed E-state index contributed by atoms with van der Waals surface area (Å²) in [5.74, 6) is -0.648. The normalized spacial score (nSPS) is 10.4. The molecule has 1 heterocycles. The number of amides is 1. The van der Waals surface area contributed by atoms with Gasteiger partial charge in [-0.05, 0) is 30.7 Å². The van der Waals surface area contributed by atoms with Gasteiger partial charge in [0, 0.05) is 5.56 Å². The number of nitrogens with zero attached hydrogens (tertiary/aromatic N) is 2. The fraction of sp³-hybridized carbons (Fsp3) is 0.125. The number of carbonyl (C=O) groups excluding carboxylic acids is 1. The summed E-state index contributed by atoms with van der Waals surface area (Å²) in [7, 11) is 0. The standard InChI is InChI=1S/C16H13N3O4/c1-10-2-3-11(8-13(10)16(21)22)14-5-4-12(23-14)9-18-19-15(20)6-7-17/h2-5,8-9H,6H2,1H3,(H,19,20)(H,21,22)/b18-9+. The van der Waals surface area contributed by atoms with Gasteiger partial charge in [0.1, 0.15) is 17.9 Å². The zero-order valence-electron chi connectivity index (χ0n) is 12.2. The zero-order valence-corrected chi connectivity index (χ0v) is 12.2. The van der Waals surface area contributed by atoms with Gasteiger partial charge in [-0.15, -0.1) is 0 Å². The van der Waals surface area contributed by atoms with E-state index in [-0.39, 0.29) is 12.0 Å². The van der Waals surface area contributed by atoms with Crippen LogP contribution in [0.15, 0.2) is 39.9 Å². The SMILES string of the molecule is Cc1ccc(-c2ccc(/C=N/NC(=O)CC#N)o2)cc1C(=O)O. The molecule has 0 aliphatic heterocycles. The summed E-state index contributed by atoms with van der Waals surface area (Å²) in [5, 5.41) is 21.1. The van der Waals surface area contributed by atoms with Crippen LogP contribution in [0.4, 0.5) is 0 Å². The van der Waals surface area contributed by atoms with E-state index in [0.717, 1.165) is 0 Å². The number of carboxylic acids is 1. The first kappa shape index (κ1) is 16.0. The molecule has 0 radical (unpaired) electrons. The lowest BCUT2D eigenvalue weighted by Gasteiger charge is -2.03. The molecule has 2 N–H and O–H groups in total. The van der Waals surface area contributed by atoms with E-state index in [2.05, 4.69) is 10.5 Å². The first-order valence-electron chi connectivity index (χ1n) is 6.64. The molecule has 0 spiro atoms. The molecule has 0 bridgehead atoms. The van der Waals surface area contributed by atoms with E-state index in [1.54, 1.807) is 37.3 Å². The Morgan fingerprint density at radius 3 is 2.87 bits per heavy atom. The number of rotatable bonds is 5. The van der Waals surface area contributed by atoms with Gasteiger partial charge in [-0.2, -0.15) is 10.4 Å². The molecule has 23 heavy (non-hydrogen) atoms. The third kappa shape index (κ3) is 4.04. The van der Waals surface area contributed by atoms with Gasteiger partial charge in [0.2, 0.25) is 0 Å². The molecule has 0 saturated carbocycles. The summed E-state index contributed by atoms with van der Waals surface area (Å²) in [5.41, 5.74) is 3.68. The summed E-state index contributed by atoms with van der Waals surface area (Å²) < 4.78 is 5.53. The lowest BCUT2D eigenvalue weighted by molar-refractivity contribution is -0.120. The minimum Gasteiger partial charge on any atom is -0.478 e. The van der Waals surface area contributed by atoms with Crippen LogP contribution in [0.5, 0.6) is 0 Å². The van der Waals surface area contributed by atoms with E-state index >= 15 is 0 Å². The van der Waals surface area contributed by atoms with Crippen LogP contribution in [0.1, 0.15) is 28.1 Å². The minimum atomic E-state index is -1.00. The molecule has 7 heteroatoms. The number of carbonyl (C=O) groups is 2. The van der Waals surface area contributed by atoms with Crippen molar-refractivity contribution in [2.24, 2.45) is 5.10 Å². The summed E-state index contributed by atoms with van der Waals surface area (Å²) in [6, 6.07) is 10.0. The van der Waals surface area contributed by atoms with Gasteiger partial charge in [0.05, 0.1) is 17.8 Å². The smallest absolute Gasteiger partial charge is 0.335 e. The number of furan rings is 1. The summed E-state index contributed by atoms with van der Waals surface area (Å²) >= 11 is 0. The molecule has 116 valence electrons. The highest BCUT2D eigenvalue weighted by Crippen LogP contribution is 2.24. The molecule has 0 aliphatic rings. The number of aryl methyl sites for hydroxylation is 1. The van der Waals surface area contributed by atoms with Crippen molar-refractivity contribution in [3.05, 3.63) is 47.2 Å². The van der Waals surface area contributed by atoms with E-state index < -0.39 is 11.9 Å². The van der Waals surface area contributed by atoms with Crippen molar-refractivity contribution in [1.82, 2.24) is 5.43 Å². The first-order chi connectivity index (χ1) is 11.0. The van der Waals surface area contributed by atoms with E-state index in [1.807, 2.05) is 0 Å². The fourth-order valence-electron chi connectivity index (χ4n) is 1.86. The molecule has 1 aromatic heterocycles. The average molecular weight is 311 g/mol. The zero-order chi connectivity index (χ0) is 16.8. The Labute approximate surface area is 131 Å². The Bertz CT molecular complexity index is 815. The van der Waals surface area contributed by atoms with Crippen molar-refractivity contribution in [2.75, 3.05) is 0 Å². The molecule has 2 rings (SSSR count). The van der Waals surface area contributed by atoms with Crippen LogP contribution < -0.4 is 5.43 Å². The van der Waals surface area contributed by atoms with Gasteiger partial charge in [0.15, 0.2) is 0 Å². The maximum atomic E-state index is 11.2. The van der Waals surface area contributed by atoms with Crippen molar-refractivity contribution in [3.8, 4) is 17.4 Å². The summed E-state index contributed by atoms with van der Waals surface area (Å²) in [6.45, 7) is 1.72. The highest BCUT2D eigenvalue weighted by atomic mass is 16.4. The van der Waals surface area contributed by atoms with Crippen LogP contribution in [0.2, 0.25) is 0 Å². The Balaban J connectivity index is 2.15. The van der Waals surface area contributed by atoms with Crippen LogP contribution in [0, 0.1) is 18.3 Å². The van der Waals surface area contributed by atoms with Crippen LogP contribution in [0.25, 0.3) is 11.3 Å². The quantitative estimate of drug-likeness (QED) is 0.649.